The molecule has 0 atom stereocenters. The van der Waals surface area contributed by atoms with Crippen molar-refractivity contribution in [3.05, 3.63) is 56.4 Å². The highest BCUT2D eigenvalue weighted by atomic mass is 19.4. The third-order valence-electron chi connectivity index (χ3n) is 2.43. The van der Waals surface area contributed by atoms with E-state index in [1.165, 1.54) is 6.07 Å². The molecule has 0 saturated carbocycles. The number of nitro groups is 1. The van der Waals surface area contributed by atoms with Gasteiger partial charge in [-0.05, 0) is 12.1 Å². The number of non-ortho nitro benzene ring substituents is 1. The largest absolute Gasteiger partial charge is 0.416 e. The standard InChI is InChI=1S/C11H6F3N3O3/c12-11(13,14)7-3-6(4-8(5-7)17(19)20)9-1-2-10(18)16-15-9/h1-5H,(H,16,18). The van der Waals surface area contributed by atoms with Crippen molar-refractivity contribution in [3.63, 3.8) is 0 Å². The molecule has 0 unspecified atom stereocenters. The number of hydrogen-bond donors (Lipinski definition) is 1. The summed E-state index contributed by atoms with van der Waals surface area (Å²) in [6.45, 7) is 0. The van der Waals surface area contributed by atoms with Gasteiger partial charge in [-0.15, -0.1) is 0 Å². The zero-order valence-corrected chi connectivity index (χ0v) is 9.64. The maximum Gasteiger partial charge on any atom is 0.416 e. The highest BCUT2D eigenvalue weighted by Gasteiger charge is 2.33. The number of alkyl halides is 3. The van der Waals surface area contributed by atoms with Crippen molar-refractivity contribution in [2.75, 3.05) is 0 Å². The molecule has 2 rings (SSSR count). The summed E-state index contributed by atoms with van der Waals surface area (Å²) in [4.78, 5) is 20.6. The van der Waals surface area contributed by atoms with E-state index in [1.807, 2.05) is 5.10 Å². The van der Waals surface area contributed by atoms with Crippen LogP contribution in [0.15, 0.2) is 35.1 Å². The second kappa shape index (κ2) is 4.76. The van der Waals surface area contributed by atoms with Gasteiger partial charge in [-0.25, -0.2) is 5.10 Å². The number of rotatable bonds is 2. The van der Waals surface area contributed by atoms with Gasteiger partial charge in [0.1, 0.15) is 0 Å². The lowest BCUT2D eigenvalue weighted by Gasteiger charge is -2.08. The van der Waals surface area contributed by atoms with E-state index in [0.29, 0.717) is 6.07 Å². The van der Waals surface area contributed by atoms with Gasteiger partial charge < -0.3 is 0 Å². The molecule has 0 saturated heterocycles. The maximum absolute atomic E-state index is 12.7. The van der Waals surface area contributed by atoms with Crippen molar-refractivity contribution in [1.29, 1.82) is 0 Å². The van der Waals surface area contributed by atoms with Crippen LogP contribution in [-0.4, -0.2) is 15.1 Å². The number of H-pyrrole nitrogens is 1. The van der Waals surface area contributed by atoms with Gasteiger partial charge in [0.15, 0.2) is 0 Å². The Morgan fingerprint density at radius 2 is 1.90 bits per heavy atom. The van der Waals surface area contributed by atoms with Gasteiger partial charge in [-0.2, -0.15) is 18.3 Å². The molecule has 0 fully saturated rings. The Hall–Kier alpha value is -2.71. The molecule has 6 nitrogen and oxygen atoms in total. The molecule has 0 amide bonds. The molecule has 0 radical (unpaired) electrons. The summed E-state index contributed by atoms with van der Waals surface area (Å²) in [6.07, 6.45) is -4.72. The molecule has 0 aliphatic heterocycles. The quantitative estimate of drug-likeness (QED) is 0.677. The van der Waals surface area contributed by atoms with Crippen molar-refractivity contribution >= 4 is 5.69 Å². The van der Waals surface area contributed by atoms with E-state index >= 15 is 0 Å². The molecule has 1 heterocycles. The first-order valence-electron chi connectivity index (χ1n) is 5.20. The number of nitrogens with one attached hydrogen (secondary N) is 1. The van der Waals surface area contributed by atoms with Crippen LogP contribution in [0.4, 0.5) is 18.9 Å². The summed E-state index contributed by atoms with van der Waals surface area (Å²) in [5, 5.41) is 16.3. The first-order valence-corrected chi connectivity index (χ1v) is 5.20. The van der Waals surface area contributed by atoms with Gasteiger partial charge >= 0.3 is 6.18 Å². The SMILES string of the molecule is O=c1ccc(-c2cc([N+](=O)[O-])cc(C(F)(F)F)c2)n[nH]1. The first-order chi connectivity index (χ1) is 9.27. The Balaban J connectivity index is 2.63. The highest BCUT2D eigenvalue weighted by Crippen LogP contribution is 2.34. The van der Waals surface area contributed by atoms with Crippen LogP contribution in [0.5, 0.6) is 0 Å². The van der Waals surface area contributed by atoms with Gasteiger partial charge in [0.2, 0.25) is 0 Å². The van der Waals surface area contributed by atoms with E-state index < -0.39 is 27.9 Å². The van der Waals surface area contributed by atoms with Crippen LogP contribution in [0, 0.1) is 10.1 Å². The predicted octanol–water partition coefficient (Wildman–Crippen LogP) is 2.36. The zero-order chi connectivity index (χ0) is 14.9. The molecule has 20 heavy (non-hydrogen) atoms. The van der Waals surface area contributed by atoms with Crippen molar-refractivity contribution in [3.8, 4) is 11.3 Å². The lowest BCUT2D eigenvalue weighted by atomic mass is 10.1. The second-order valence-electron chi connectivity index (χ2n) is 3.83. The number of aromatic nitrogens is 2. The summed E-state index contributed by atoms with van der Waals surface area (Å²) in [5.41, 5.74) is -2.51. The smallest absolute Gasteiger partial charge is 0.268 e. The third-order valence-corrected chi connectivity index (χ3v) is 2.43. The molecule has 0 spiro atoms. The number of benzene rings is 1. The lowest BCUT2D eigenvalue weighted by molar-refractivity contribution is -0.385. The first kappa shape index (κ1) is 13.7. The van der Waals surface area contributed by atoms with Crippen LogP contribution in [0.2, 0.25) is 0 Å². The van der Waals surface area contributed by atoms with Crippen molar-refractivity contribution < 1.29 is 18.1 Å². The Morgan fingerprint density at radius 1 is 1.20 bits per heavy atom. The van der Waals surface area contributed by atoms with E-state index in [9.17, 15) is 28.1 Å². The normalized spacial score (nSPS) is 11.3. The average molecular weight is 285 g/mol. The predicted molar refractivity (Wildman–Crippen MR) is 62.0 cm³/mol. The molecule has 0 aliphatic rings. The van der Waals surface area contributed by atoms with Crippen LogP contribution in [0.1, 0.15) is 5.56 Å². The fourth-order valence-corrected chi connectivity index (χ4v) is 1.53. The van der Waals surface area contributed by atoms with E-state index in [1.54, 1.807) is 0 Å². The van der Waals surface area contributed by atoms with Crippen LogP contribution < -0.4 is 5.56 Å². The summed E-state index contributed by atoms with van der Waals surface area (Å²) < 4.78 is 38.1. The minimum absolute atomic E-state index is 0.00111. The number of hydrogen-bond acceptors (Lipinski definition) is 4. The van der Waals surface area contributed by atoms with Gasteiger partial charge in [0.25, 0.3) is 11.2 Å². The monoisotopic (exact) mass is 285 g/mol. The van der Waals surface area contributed by atoms with E-state index in [0.717, 1.165) is 18.2 Å². The van der Waals surface area contributed by atoms with Gasteiger partial charge in [-0.3, -0.25) is 14.9 Å². The van der Waals surface area contributed by atoms with Crippen LogP contribution in [0.3, 0.4) is 0 Å². The van der Waals surface area contributed by atoms with E-state index in [-0.39, 0.29) is 11.3 Å². The molecular weight excluding hydrogens is 279 g/mol. The minimum atomic E-state index is -4.72. The molecule has 1 N–H and O–H groups in total. The van der Waals surface area contributed by atoms with Gasteiger partial charge in [0, 0.05) is 23.8 Å². The topological polar surface area (TPSA) is 88.9 Å². The zero-order valence-electron chi connectivity index (χ0n) is 9.64. The third kappa shape index (κ3) is 2.82. The summed E-state index contributed by atoms with van der Waals surface area (Å²) in [5.74, 6) is 0. The maximum atomic E-state index is 12.7. The fourth-order valence-electron chi connectivity index (χ4n) is 1.53. The van der Waals surface area contributed by atoms with Crippen LogP contribution in [0.25, 0.3) is 11.3 Å². The molecule has 0 aliphatic carbocycles. The van der Waals surface area contributed by atoms with Crippen molar-refractivity contribution in [2.24, 2.45) is 0 Å². The highest BCUT2D eigenvalue weighted by molar-refractivity contribution is 5.63. The molecule has 1 aromatic carbocycles. The Kier molecular flexibility index (Phi) is 3.26. The van der Waals surface area contributed by atoms with E-state index in [2.05, 4.69) is 5.10 Å². The molecule has 2 aromatic rings. The Labute approximate surface area is 109 Å². The van der Waals surface area contributed by atoms with Crippen molar-refractivity contribution in [2.45, 2.75) is 6.18 Å². The van der Waals surface area contributed by atoms with Crippen molar-refractivity contribution in [1.82, 2.24) is 10.2 Å². The molecular formula is C11H6F3N3O3. The summed E-state index contributed by atoms with van der Waals surface area (Å²) in [6, 6.07) is 4.37. The van der Waals surface area contributed by atoms with E-state index in [4.69, 9.17) is 0 Å². The number of halogens is 3. The Bertz CT molecular complexity index is 704. The van der Waals surface area contributed by atoms with Gasteiger partial charge in [0.05, 0.1) is 16.2 Å². The molecule has 1 aromatic heterocycles. The summed E-state index contributed by atoms with van der Waals surface area (Å²) >= 11 is 0. The number of nitro benzene ring substituents is 1. The van der Waals surface area contributed by atoms with Gasteiger partial charge in [-0.1, -0.05) is 0 Å². The Morgan fingerprint density at radius 3 is 2.40 bits per heavy atom. The molecule has 9 heteroatoms. The number of aromatic amines is 1. The molecule has 104 valence electrons. The average Bonchev–Trinajstić information content (AvgIpc) is 2.38. The fraction of sp³-hybridized carbons (Fsp3) is 0.0909. The molecule has 0 bridgehead atoms. The lowest BCUT2D eigenvalue weighted by Crippen LogP contribution is -2.08. The minimum Gasteiger partial charge on any atom is -0.268 e. The number of nitrogens with zero attached hydrogens (tertiary/aromatic N) is 2. The van der Waals surface area contributed by atoms with Crippen LogP contribution in [-0.2, 0) is 6.18 Å². The summed E-state index contributed by atoms with van der Waals surface area (Å²) in [7, 11) is 0. The van der Waals surface area contributed by atoms with Crippen LogP contribution >= 0.6 is 0 Å². The second-order valence-corrected chi connectivity index (χ2v) is 3.83.